The van der Waals surface area contributed by atoms with Gasteiger partial charge in [0.15, 0.2) is 5.54 Å². The molecule has 0 fully saturated rings. The summed E-state index contributed by atoms with van der Waals surface area (Å²) in [5, 5.41) is 21.3. The Balaban J connectivity index is 1.81. The molecule has 7 heteroatoms. The Labute approximate surface area is 174 Å². The molecule has 2 aromatic rings. The van der Waals surface area contributed by atoms with Gasteiger partial charge in [0.2, 0.25) is 0 Å². The molecule has 0 radical (unpaired) electrons. The van der Waals surface area contributed by atoms with E-state index in [0.717, 1.165) is 22.3 Å². The minimum absolute atomic E-state index is 0.00672. The summed E-state index contributed by atoms with van der Waals surface area (Å²) in [7, 11) is 0. The molecule has 3 N–H and O–H groups in total. The average molecular weight is 411 g/mol. The Morgan fingerprint density at radius 2 is 1.43 bits per heavy atom. The van der Waals surface area contributed by atoms with Crippen molar-refractivity contribution in [2.75, 3.05) is 6.61 Å². The van der Waals surface area contributed by atoms with Gasteiger partial charge in [-0.05, 0) is 27.7 Å². The van der Waals surface area contributed by atoms with E-state index < -0.39 is 35.4 Å². The molecule has 0 spiro atoms. The first kappa shape index (κ1) is 21.4. The van der Waals surface area contributed by atoms with Crippen LogP contribution in [-0.4, -0.2) is 40.4 Å². The normalized spacial score (nSPS) is 14.9. The number of carbonyl (C=O) groups is 3. The maximum Gasteiger partial charge on any atom is 0.408 e. The van der Waals surface area contributed by atoms with Gasteiger partial charge in [-0.1, -0.05) is 69.3 Å². The lowest BCUT2D eigenvalue weighted by Gasteiger charge is -2.40. The molecular weight excluding hydrogens is 386 g/mol. The summed E-state index contributed by atoms with van der Waals surface area (Å²) < 4.78 is 5.42. The summed E-state index contributed by atoms with van der Waals surface area (Å²) in [6, 6.07) is 15.7. The van der Waals surface area contributed by atoms with E-state index in [-0.39, 0.29) is 12.5 Å². The quantitative estimate of drug-likeness (QED) is 0.665. The van der Waals surface area contributed by atoms with Crippen LogP contribution in [0.1, 0.15) is 44.2 Å². The standard InChI is InChI=1S/C23H25NO6/c1-22(2,3)23(20(27)28,12-19(25)26)24-21(29)30-13-18-16-10-6-4-8-14(16)15-9-5-7-11-17(15)18/h4-11,18H,12-13H2,1-3H3,(H,24,29)(H,25,26)(H,27,28)/t23-/m1/s1. The molecule has 3 rings (SSSR count). The minimum Gasteiger partial charge on any atom is -0.481 e. The second kappa shape index (κ2) is 7.82. The lowest BCUT2D eigenvalue weighted by molar-refractivity contribution is -0.156. The molecule has 158 valence electrons. The van der Waals surface area contributed by atoms with Crippen LogP contribution >= 0.6 is 0 Å². The van der Waals surface area contributed by atoms with Gasteiger partial charge < -0.3 is 20.3 Å². The molecular formula is C23H25NO6. The summed E-state index contributed by atoms with van der Waals surface area (Å²) in [5.74, 6) is -2.94. The maximum atomic E-state index is 12.6. The number of hydrogen-bond donors (Lipinski definition) is 3. The number of nitrogens with one attached hydrogen (secondary N) is 1. The zero-order valence-electron chi connectivity index (χ0n) is 17.1. The third-order valence-corrected chi connectivity index (χ3v) is 5.72. The fourth-order valence-corrected chi connectivity index (χ4v) is 3.98. The topological polar surface area (TPSA) is 113 Å². The lowest BCUT2D eigenvalue weighted by Crippen LogP contribution is -2.63. The van der Waals surface area contributed by atoms with Crippen LogP contribution in [0.15, 0.2) is 48.5 Å². The number of fused-ring (bicyclic) bond motifs is 3. The van der Waals surface area contributed by atoms with Crippen molar-refractivity contribution in [3.8, 4) is 11.1 Å². The van der Waals surface area contributed by atoms with Crippen LogP contribution in [0.2, 0.25) is 0 Å². The molecule has 0 heterocycles. The Hall–Kier alpha value is -3.35. The van der Waals surface area contributed by atoms with Crippen molar-refractivity contribution in [3.63, 3.8) is 0 Å². The molecule has 0 bridgehead atoms. The van der Waals surface area contributed by atoms with Gasteiger partial charge in [0.05, 0.1) is 6.42 Å². The highest BCUT2D eigenvalue weighted by Gasteiger charge is 2.52. The number of carboxylic acids is 2. The first-order chi connectivity index (χ1) is 14.1. The van der Waals surface area contributed by atoms with Crippen molar-refractivity contribution in [2.45, 2.75) is 38.6 Å². The van der Waals surface area contributed by atoms with Crippen molar-refractivity contribution in [3.05, 3.63) is 59.7 Å². The van der Waals surface area contributed by atoms with Crippen molar-refractivity contribution in [1.29, 1.82) is 0 Å². The highest BCUT2D eigenvalue weighted by molar-refractivity contribution is 5.90. The monoisotopic (exact) mass is 411 g/mol. The predicted octanol–water partition coefficient (Wildman–Crippen LogP) is 3.87. The van der Waals surface area contributed by atoms with E-state index in [4.69, 9.17) is 4.74 Å². The number of carboxylic acid groups (broad SMARTS) is 2. The Bertz CT molecular complexity index is 948. The number of hydrogen-bond acceptors (Lipinski definition) is 4. The molecule has 7 nitrogen and oxygen atoms in total. The van der Waals surface area contributed by atoms with E-state index in [0.29, 0.717) is 0 Å². The van der Waals surface area contributed by atoms with Crippen molar-refractivity contribution < 1.29 is 29.3 Å². The Morgan fingerprint density at radius 1 is 0.933 bits per heavy atom. The summed E-state index contributed by atoms with van der Waals surface area (Å²) in [5.41, 5.74) is 1.12. The van der Waals surface area contributed by atoms with Crippen LogP contribution in [0.3, 0.4) is 0 Å². The van der Waals surface area contributed by atoms with Crippen molar-refractivity contribution in [1.82, 2.24) is 5.32 Å². The number of carbonyl (C=O) groups excluding carboxylic acids is 1. The fourth-order valence-electron chi connectivity index (χ4n) is 3.98. The highest BCUT2D eigenvalue weighted by Crippen LogP contribution is 2.44. The highest BCUT2D eigenvalue weighted by atomic mass is 16.5. The van der Waals surface area contributed by atoms with E-state index in [2.05, 4.69) is 5.32 Å². The number of ether oxygens (including phenoxy) is 1. The number of benzene rings is 2. The number of rotatable bonds is 6. The molecule has 1 aliphatic carbocycles. The summed E-state index contributed by atoms with van der Waals surface area (Å²) >= 11 is 0. The zero-order chi connectivity index (χ0) is 22.1. The van der Waals surface area contributed by atoms with E-state index in [1.807, 2.05) is 48.5 Å². The molecule has 0 aliphatic heterocycles. The summed E-state index contributed by atoms with van der Waals surface area (Å²) in [6.07, 6.45) is -1.73. The molecule has 0 unspecified atom stereocenters. The van der Waals surface area contributed by atoms with Gasteiger partial charge in [0, 0.05) is 5.92 Å². The van der Waals surface area contributed by atoms with E-state index in [1.54, 1.807) is 20.8 Å². The third-order valence-electron chi connectivity index (χ3n) is 5.72. The summed E-state index contributed by atoms with van der Waals surface area (Å²) in [6.45, 7) is 4.70. The van der Waals surface area contributed by atoms with Crippen LogP contribution in [0.4, 0.5) is 4.79 Å². The molecule has 0 saturated heterocycles. The first-order valence-corrected chi connectivity index (χ1v) is 9.65. The smallest absolute Gasteiger partial charge is 0.408 e. The second-order valence-corrected chi connectivity index (χ2v) is 8.48. The summed E-state index contributed by atoms with van der Waals surface area (Å²) in [4.78, 5) is 35.9. The SMILES string of the molecule is CC(C)(C)[C@](CC(=O)O)(NC(=O)OCC1c2ccccc2-c2ccccc21)C(=O)O. The van der Waals surface area contributed by atoms with Gasteiger partial charge in [-0.25, -0.2) is 9.59 Å². The van der Waals surface area contributed by atoms with Gasteiger partial charge in [-0.2, -0.15) is 0 Å². The largest absolute Gasteiger partial charge is 0.481 e. The zero-order valence-corrected chi connectivity index (χ0v) is 17.1. The second-order valence-electron chi connectivity index (χ2n) is 8.48. The first-order valence-electron chi connectivity index (χ1n) is 9.65. The van der Waals surface area contributed by atoms with Crippen LogP contribution in [-0.2, 0) is 14.3 Å². The molecule has 1 amide bonds. The third kappa shape index (κ3) is 3.75. The van der Waals surface area contributed by atoms with Crippen LogP contribution in [0, 0.1) is 5.41 Å². The number of aliphatic carboxylic acids is 2. The average Bonchev–Trinajstić information content (AvgIpc) is 2.98. The molecule has 1 atom stereocenters. The van der Waals surface area contributed by atoms with Gasteiger partial charge in [-0.3, -0.25) is 4.79 Å². The van der Waals surface area contributed by atoms with Crippen LogP contribution in [0.25, 0.3) is 11.1 Å². The predicted molar refractivity (Wildman–Crippen MR) is 110 cm³/mol. The Morgan fingerprint density at radius 3 is 1.87 bits per heavy atom. The number of alkyl carbamates (subject to hydrolysis) is 1. The molecule has 0 saturated carbocycles. The Kier molecular flexibility index (Phi) is 5.57. The van der Waals surface area contributed by atoms with Gasteiger partial charge in [0.25, 0.3) is 0 Å². The van der Waals surface area contributed by atoms with Gasteiger partial charge in [-0.15, -0.1) is 0 Å². The number of amides is 1. The molecule has 2 aromatic carbocycles. The maximum absolute atomic E-state index is 12.6. The molecule has 1 aliphatic rings. The van der Waals surface area contributed by atoms with E-state index >= 15 is 0 Å². The molecule has 30 heavy (non-hydrogen) atoms. The molecule has 0 aromatic heterocycles. The minimum atomic E-state index is -2.01. The van der Waals surface area contributed by atoms with Crippen molar-refractivity contribution in [2.24, 2.45) is 5.41 Å². The lowest BCUT2D eigenvalue weighted by atomic mass is 9.71. The van der Waals surface area contributed by atoms with Gasteiger partial charge in [0.1, 0.15) is 6.61 Å². The van der Waals surface area contributed by atoms with Crippen LogP contribution < -0.4 is 5.32 Å². The van der Waals surface area contributed by atoms with Crippen molar-refractivity contribution >= 4 is 18.0 Å². The fraction of sp³-hybridized carbons (Fsp3) is 0.348. The van der Waals surface area contributed by atoms with E-state index in [1.165, 1.54) is 0 Å². The van der Waals surface area contributed by atoms with Crippen LogP contribution in [0.5, 0.6) is 0 Å². The van der Waals surface area contributed by atoms with E-state index in [9.17, 15) is 24.6 Å². The van der Waals surface area contributed by atoms with Gasteiger partial charge >= 0.3 is 18.0 Å².